The van der Waals surface area contributed by atoms with Crippen molar-refractivity contribution in [3.05, 3.63) is 82.1 Å². The molecule has 2 N–H and O–H groups in total. The highest BCUT2D eigenvalue weighted by Crippen LogP contribution is 2.37. The number of pyridine rings is 1. The number of ether oxygens (including phenoxy) is 1. The lowest BCUT2D eigenvalue weighted by Crippen LogP contribution is -2.42. The number of anilines is 3. The van der Waals surface area contributed by atoms with E-state index in [4.69, 9.17) is 9.73 Å². The Balaban J connectivity index is 2.09. The summed E-state index contributed by atoms with van der Waals surface area (Å²) < 4.78 is 7.41. The molecule has 228 valence electrons. The molecule has 0 bridgehead atoms. The SMILES string of the molecule is C=CC(=O)Nc1cc(NC(C)=N/C=c2/cc(-c3ccccc3)c(=O)n(C)/c2=C\CCC)c(OC)cc1N(C)CCN(C)C. The molecule has 0 spiro atoms. The van der Waals surface area contributed by atoms with E-state index in [1.807, 2.05) is 76.6 Å². The van der Waals surface area contributed by atoms with Crippen LogP contribution in [0.2, 0.25) is 0 Å². The number of rotatable bonds is 12. The lowest BCUT2D eigenvalue weighted by molar-refractivity contribution is -0.111. The molecule has 43 heavy (non-hydrogen) atoms. The lowest BCUT2D eigenvalue weighted by atomic mass is 10.1. The van der Waals surface area contributed by atoms with Crippen LogP contribution in [-0.4, -0.2) is 62.6 Å². The molecule has 0 unspecified atom stereocenters. The smallest absolute Gasteiger partial charge is 0.258 e. The first-order chi connectivity index (χ1) is 20.6. The number of aliphatic imine (C=N–C) groups is 1. The van der Waals surface area contributed by atoms with Crippen LogP contribution in [0.3, 0.4) is 0 Å². The van der Waals surface area contributed by atoms with Crippen LogP contribution in [-0.2, 0) is 11.8 Å². The van der Waals surface area contributed by atoms with Crippen molar-refractivity contribution in [3.63, 3.8) is 0 Å². The minimum Gasteiger partial charge on any atom is -0.494 e. The number of hydrogen-bond donors (Lipinski definition) is 2. The molecule has 0 fully saturated rings. The third-order valence-corrected chi connectivity index (χ3v) is 6.97. The lowest BCUT2D eigenvalue weighted by Gasteiger charge is -2.26. The third kappa shape index (κ3) is 8.68. The summed E-state index contributed by atoms with van der Waals surface area (Å²) in [6.07, 6.45) is 6.89. The number of hydrogen-bond acceptors (Lipinski definition) is 6. The average molecular weight is 585 g/mol. The van der Waals surface area contributed by atoms with Gasteiger partial charge in [-0.15, -0.1) is 0 Å². The minimum atomic E-state index is -0.308. The van der Waals surface area contributed by atoms with Crippen LogP contribution in [0, 0.1) is 0 Å². The van der Waals surface area contributed by atoms with Crippen molar-refractivity contribution < 1.29 is 9.53 Å². The second-order valence-electron chi connectivity index (χ2n) is 10.6. The fraction of sp³-hybridized carbons (Fsp3) is 0.324. The minimum absolute atomic E-state index is 0.0565. The summed E-state index contributed by atoms with van der Waals surface area (Å²) in [5, 5.41) is 7.90. The summed E-state index contributed by atoms with van der Waals surface area (Å²) in [6.45, 7) is 9.13. The van der Waals surface area contributed by atoms with E-state index in [9.17, 15) is 9.59 Å². The number of likely N-dealkylation sites (N-methyl/N-ethyl adjacent to an activating group) is 2. The molecule has 3 rings (SSSR count). The van der Waals surface area contributed by atoms with Gasteiger partial charge >= 0.3 is 0 Å². The highest BCUT2D eigenvalue weighted by molar-refractivity contribution is 6.03. The van der Waals surface area contributed by atoms with Crippen molar-refractivity contribution in [2.75, 3.05) is 56.9 Å². The molecule has 0 aliphatic carbocycles. The van der Waals surface area contributed by atoms with Gasteiger partial charge < -0.3 is 29.7 Å². The predicted molar refractivity (Wildman–Crippen MR) is 181 cm³/mol. The standard InChI is InChI=1S/C34H44N6O3/c1-9-11-17-30-26(20-27(34(42)40(30)7)25-15-13-12-14-16-25)23-35-24(3)36-29-21-28(37-33(41)10-2)31(22-32(29)43-8)39(6)19-18-38(4)5/h10,12-17,20-23H,2,9,11,18-19H2,1,3-8H3,(H,35,36)(H,37,41)/b26-23-,30-17-. The van der Waals surface area contributed by atoms with Gasteiger partial charge in [0.2, 0.25) is 5.91 Å². The summed E-state index contributed by atoms with van der Waals surface area (Å²) >= 11 is 0. The number of amides is 1. The van der Waals surface area contributed by atoms with E-state index in [-0.39, 0.29) is 11.5 Å². The maximum atomic E-state index is 13.3. The van der Waals surface area contributed by atoms with Gasteiger partial charge in [-0.2, -0.15) is 0 Å². The topological polar surface area (TPSA) is 91.2 Å². The molecule has 0 saturated heterocycles. The Morgan fingerprint density at radius 1 is 1.07 bits per heavy atom. The normalized spacial score (nSPS) is 12.4. The van der Waals surface area contributed by atoms with E-state index >= 15 is 0 Å². The fourth-order valence-electron chi connectivity index (χ4n) is 4.54. The van der Waals surface area contributed by atoms with Gasteiger partial charge in [0, 0.05) is 55.6 Å². The number of carbonyl (C=O) groups is 1. The number of carbonyl (C=O) groups excluding carboxylic acids is 1. The molecule has 9 nitrogen and oxygen atoms in total. The van der Waals surface area contributed by atoms with E-state index in [1.54, 1.807) is 24.9 Å². The van der Waals surface area contributed by atoms with Gasteiger partial charge in [0.15, 0.2) is 0 Å². The van der Waals surface area contributed by atoms with Gasteiger partial charge in [-0.1, -0.05) is 56.3 Å². The molecule has 0 aliphatic rings. The quantitative estimate of drug-likeness (QED) is 0.190. The molecule has 0 saturated carbocycles. The molecule has 1 heterocycles. The molecular weight excluding hydrogens is 540 g/mol. The number of amidine groups is 1. The fourth-order valence-corrected chi connectivity index (χ4v) is 4.54. The zero-order valence-electron chi connectivity index (χ0n) is 26.4. The predicted octanol–water partition coefficient (Wildman–Crippen LogP) is 4.03. The first-order valence-electron chi connectivity index (χ1n) is 14.4. The largest absolute Gasteiger partial charge is 0.494 e. The molecule has 1 aromatic heterocycles. The summed E-state index contributed by atoms with van der Waals surface area (Å²) in [6, 6.07) is 15.3. The van der Waals surface area contributed by atoms with Crippen LogP contribution in [0.1, 0.15) is 26.7 Å². The Bertz CT molecular complexity index is 1640. The second-order valence-corrected chi connectivity index (χ2v) is 10.6. The molecular formula is C34H44N6O3. The first-order valence-corrected chi connectivity index (χ1v) is 14.4. The summed E-state index contributed by atoms with van der Waals surface area (Å²) in [5.41, 5.74) is 3.49. The van der Waals surface area contributed by atoms with Gasteiger partial charge in [-0.05, 0) is 51.2 Å². The summed E-state index contributed by atoms with van der Waals surface area (Å²) in [4.78, 5) is 34.4. The van der Waals surface area contributed by atoms with Gasteiger partial charge in [0.25, 0.3) is 5.56 Å². The van der Waals surface area contributed by atoms with E-state index in [0.717, 1.165) is 47.7 Å². The second kappa shape index (κ2) is 15.6. The third-order valence-electron chi connectivity index (χ3n) is 6.97. The van der Waals surface area contributed by atoms with Crippen LogP contribution < -0.4 is 36.4 Å². The van der Waals surface area contributed by atoms with Crippen LogP contribution in [0.5, 0.6) is 5.75 Å². The highest BCUT2D eigenvalue weighted by atomic mass is 16.5. The summed E-state index contributed by atoms with van der Waals surface area (Å²) in [5.74, 6) is 0.893. The van der Waals surface area contributed by atoms with Gasteiger partial charge in [-0.25, -0.2) is 4.99 Å². The van der Waals surface area contributed by atoms with Crippen LogP contribution in [0.15, 0.2) is 71.0 Å². The van der Waals surface area contributed by atoms with E-state index < -0.39 is 0 Å². The van der Waals surface area contributed by atoms with Crippen molar-refractivity contribution in [2.24, 2.45) is 12.0 Å². The molecule has 3 aromatic rings. The molecule has 1 amide bonds. The van der Waals surface area contributed by atoms with Gasteiger partial charge in [-0.3, -0.25) is 9.59 Å². The Labute approximate surface area is 254 Å². The molecule has 0 atom stereocenters. The molecule has 0 aliphatic heterocycles. The van der Waals surface area contributed by atoms with Crippen molar-refractivity contribution >= 4 is 41.1 Å². The average Bonchev–Trinajstić information content (AvgIpc) is 3.00. The highest BCUT2D eigenvalue weighted by Gasteiger charge is 2.16. The Kier molecular flexibility index (Phi) is 11.9. The summed E-state index contributed by atoms with van der Waals surface area (Å²) in [7, 11) is 9.41. The number of aromatic nitrogens is 1. The van der Waals surface area contributed by atoms with E-state index in [0.29, 0.717) is 28.5 Å². The van der Waals surface area contributed by atoms with Crippen molar-refractivity contribution in [2.45, 2.75) is 26.7 Å². The Morgan fingerprint density at radius 3 is 2.42 bits per heavy atom. The zero-order valence-corrected chi connectivity index (χ0v) is 26.4. The van der Waals surface area contributed by atoms with Crippen LogP contribution in [0.25, 0.3) is 23.4 Å². The number of benzene rings is 2. The zero-order chi connectivity index (χ0) is 31.5. The van der Waals surface area contributed by atoms with E-state index in [1.165, 1.54) is 6.08 Å². The number of nitrogens with zero attached hydrogens (tertiary/aromatic N) is 4. The van der Waals surface area contributed by atoms with Gasteiger partial charge in [0.1, 0.15) is 11.6 Å². The molecule has 2 aromatic carbocycles. The number of nitrogens with one attached hydrogen (secondary N) is 2. The Hall–Kier alpha value is -4.63. The van der Waals surface area contributed by atoms with Crippen LogP contribution >= 0.6 is 0 Å². The number of methoxy groups -OCH3 is 1. The van der Waals surface area contributed by atoms with Crippen molar-refractivity contribution in [1.29, 1.82) is 0 Å². The van der Waals surface area contributed by atoms with Crippen LogP contribution in [0.4, 0.5) is 17.1 Å². The maximum Gasteiger partial charge on any atom is 0.258 e. The maximum absolute atomic E-state index is 13.3. The Morgan fingerprint density at radius 2 is 1.79 bits per heavy atom. The van der Waals surface area contributed by atoms with Crippen molar-refractivity contribution in [1.82, 2.24) is 9.47 Å². The number of unbranched alkanes of at least 4 members (excludes halogenated alkanes) is 1. The monoisotopic (exact) mass is 584 g/mol. The van der Waals surface area contributed by atoms with E-state index in [2.05, 4.69) is 40.0 Å². The molecule has 0 radical (unpaired) electrons. The molecule has 9 heteroatoms. The van der Waals surface area contributed by atoms with Gasteiger partial charge in [0.05, 0.1) is 24.2 Å². The first kappa shape index (κ1) is 32.9. The van der Waals surface area contributed by atoms with Crippen molar-refractivity contribution in [3.8, 4) is 16.9 Å².